The number of hydrogen-bond acceptors (Lipinski definition) is 5. The Hall–Kier alpha value is -2.81. The number of nitrogens with one attached hydrogen (secondary N) is 1. The summed E-state index contributed by atoms with van der Waals surface area (Å²) in [6.45, 7) is 4.47. The van der Waals surface area contributed by atoms with E-state index in [9.17, 15) is 17.6 Å². The molecule has 2 aromatic carbocycles. The van der Waals surface area contributed by atoms with Gasteiger partial charge >= 0.3 is 0 Å². The third-order valence-electron chi connectivity index (χ3n) is 4.84. The SMILES string of the molecule is CCC(C(=O)NC(C)c1ccc2c(c1)OCCO2)N(c1ccc(F)cc1)S(C)(=O)=O. The van der Waals surface area contributed by atoms with Crippen molar-refractivity contribution in [2.24, 2.45) is 0 Å². The summed E-state index contributed by atoms with van der Waals surface area (Å²) in [5.41, 5.74) is 1.03. The second-order valence-electron chi connectivity index (χ2n) is 7.09. The molecular weight excluding hydrogens is 411 g/mol. The molecule has 0 spiro atoms. The fourth-order valence-corrected chi connectivity index (χ4v) is 4.58. The first kappa shape index (κ1) is 21.9. The number of ether oxygens (including phenoxy) is 2. The van der Waals surface area contributed by atoms with E-state index in [1.165, 1.54) is 12.1 Å². The molecule has 2 aromatic rings. The summed E-state index contributed by atoms with van der Waals surface area (Å²) in [6, 6.07) is 9.05. The van der Waals surface area contributed by atoms with Gasteiger partial charge in [0.05, 0.1) is 18.0 Å². The largest absolute Gasteiger partial charge is 0.486 e. The molecular formula is C21H25FN2O5S. The maximum Gasteiger partial charge on any atom is 0.244 e. The normalized spacial score (nSPS) is 15.2. The molecule has 0 saturated heterocycles. The van der Waals surface area contributed by atoms with Crippen LogP contribution < -0.4 is 19.1 Å². The maximum atomic E-state index is 13.3. The molecule has 162 valence electrons. The third kappa shape index (κ3) is 4.84. The van der Waals surface area contributed by atoms with E-state index >= 15 is 0 Å². The number of sulfonamides is 1. The number of anilines is 1. The topological polar surface area (TPSA) is 84.9 Å². The molecule has 0 aliphatic carbocycles. The first-order valence-electron chi connectivity index (χ1n) is 9.65. The number of benzene rings is 2. The standard InChI is InChI=1S/C21H25FN2O5S/c1-4-18(24(30(3,26)27)17-8-6-16(22)7-9-17)21(25)23-14(2)15-5-10-19-20(13-15)29-12-11-28-19/h5-10,13-14,18H,4,11-12H2,1-3H3,(H,23,25). The van der Waals surface area contributed by atoms with Crippen molar-refractivity contribution in [3.8, 4) is 11.5 Å². The first-order valence-corrected chi connectivity index (χ1v) is 11.5. The predicted molar refractivity (Wildman–Crippen MR) is 112 cm³/mol. The Morgan fingerprint density at radius 2 is 1.77 bits per heavy atom. The van der Waals surface area contributed by atoms with E-state index in [4.69, 9.17) is 9.47 Å². The zero-order valence-electron chi connectivity index (χ0n) is 17.1. The number of rotatable bonds is 7. The summed E-state index contributed by atoms with van der Waals surface area (Å²) in [5.74, 6) is 0.317. The third-order valence-corrected chi connectivity index (χ3v) is 6.02. The van der Waals surface area contributed by atoms with Gasteiger partial charge in [-0.15, -0.1) is 0 Å². The molecule has 2 unspecified atom stereocenters. The summed E-state index contributed by atoms with van der Waals surface area (Å²) in [4.78, 5) is 13.0. The average molecular weight is 437 g/mol. The van der Waals surface area contributed by atoms with Crippen LogP contribution in [-0.2, 0) is 14.8 Å². The first-order chi connectivity index (χ1) is 14.2. The van der Waals surface area contributed by atoms with E-state index in [1.54, 1.807) is 26.0 Å². The summed E-state index contributed by atoms with van der Waals surface area (Å²) < 4.78 is 50.3. The van der Waals surface area contributed by atoms with Crippen molar-refractivity contribution < 1.29 is 27.1 Å². The lowest BCUT2D eigenvalue weighted by atomic mass is 10.1. The van der Waals surface area contributed by atoms with Crippen LogP contribution in [0.5, 0.6) is 11.5 Å². The summed E-state index contributed by atoms with van der Waals surface area (Å²) in [7, 11) is -3.79. The van der Waals surface area contributed by atoms with Gasteiger partial charge in [0.25, 0.3) is 0 Å². The van der Waals surface area contributed by atoms with Crippen LogP contribution in [0.2, 0.25) is 0 Å². The van der Waals surface area contributed by atoms with Crippen LogP contribution in [0.4, 0.5) is 10.1 Å². The molecule has 1 heterocycles. The van der Waals surface area contributed by atoms with Crippen LogP contribution in [0.1, 0.15) is 31.9 Å². The molecule has 7 nitrogen and oxygen atoms in total. The maximum absolute atomic E-state index is 13.3. The molecule has 1 amide bonds. The highest BCUT2D eigenvalue weighted by molar-refractivity contribution is 7.92. The van der Waals surface area contributed by atoms with Crippen molar-refractivity contribution in [3.05, 3.63) is 53.8 Å². The monoisotopic (exact) mass is 436 g/mol. The Balaban J connectivity index is 1.82. The number of fused-ring (bicyclic) bond motifs is 1. The highest BCUT2D eigenvalue weighted by Crippen LogP contribution is 2.32. The van der Waals surface area contributed by atoms with Crippen molar-refractivity contribution in [1.82, 2.24) is 5.32 Å². The number of halogens is 1. The van der Waals surface area contributed by atoms with Gasteiger partial charge in [-0.05, 0) is 55.3 Å². The molecule has 9 heteroatoms. The molecule has 0 aromatic heterocycles. The summed E-state index contributed by atoms with van der Waals surface area (Å²) >= 11 is 0. The molecule has 1 aliphatic heterocycles. The fraction of sp³-hybridized carbons (Fsp3) is 0.381. The molecule has 0 bridgehead atoms. The minimum absolute atomic E-state index is 0.230. The van der Waals surface area contributed by atoms with Crippen LogP contribution in [0.3, 0.4) is 0 Å². The molecule has 0 saturated carbocycles. The molecule has 3 rings (SSSR count). The van der Waals surface area contributed by atoms with Gasteiger partial charge in [0.15, 0.2) is 11.5 Å². The molecule has 30 heavy (non-hydrogen) atoms. The van der Waals surface area contributed by atoms with Crippen molar-refractivity contribution in [1.29, 1.82) is 0 Å². The lowest BCUT2D eigenvalue weighted by Gasteiger charge is -2.31. The number of carbonyl (C=O) groups is 1. The number of amides is 1. The lowest BCUT2D eigenvalue weighted by Crippen LogP contribution is -2.49. The zero-order valence-corrected chi connectivity index (χ0v) is 17.9. The van der Waals surface area contributed by atoms with Crippen molar-refractivity contribution in [2.45, 2.75) is 32.4 Å². The summed E-state index contributed by atoms with van der Waals surface area (Å²) in [6.07, 6.45) is 1.26. The van der Waals surface area contributed by atoms with Gasteiger partial charge in [0.2, 0.25) is 15.9 Å². The minimum atomic E-state index is -3.79. The average Bonchev–Trinajstić information content (AvgIpc) is 2.71. The van der Waals surface area contributed by atoms with E-state index in [0.717, 1.165) is 28.3 Å². The van der Waals surface area contributed by atoms with E-state index in [0.29, 0.717) is 24.7 Å². The van der Waals surface area contributed by atoms with E-state index in [-0.39, 0.29) is 12.1 Å². The minimum Gasteiger partial charge on any atom is -0.486 e. The van der Waals surface area contributed by atoms with Gasteiger partial charge in [-0.2, -0.15) is 0 Å². The van der Waals surface area contributed by atoms with Gasteiger partial charge in [-0.3, -0.25) is 9.10 Å². The van der Waals surface area contributed by atoms with Gasteiger partial charge in [-0.25, -0.2) is 12.8 Å². The van der Waals surface area contributed by atoms with Crippen LogP contribution in [0.25, 0.3) is 0 Å². The van der Waals surface area contributed by atoms with Crippen LogP contribution in [0.15, 0.2) is 42.5 Å². The highest BCUT2D eigenvalue weighted by atomic mass is 32.2. The van der Waals surface area contributed by atoms with E-state index in [2.05, 4.69) is 5.32 Å². The van der Waals surface area contributed by atoms with Crippen molar-refractivity contribution in [2.75, 3.05) is 23.8 Å². The zero-order chi connectivity index (χ0) is 21.9. The van der Waals surface area contributed by atoms with Gasteiger partial charge in [0, 0.05) is 0 Å². The van der Waals surface area contributed by atoms with Crippen molar-refractivity contribution >= 4 is 21.6 Å². The van der Waals surface area contributed by atoms with Crippen LogP contribution in [0, 0.1) is 5.82 Å². The molecule has 0 fully saturated rings. The smallest absolute Gasteiger partial charge is 0.244 e. The number of nitrogens with zero attached hydrogens (tertiary/aromatic N) is 1. The second kappa shape index (κ2) is 8.91. The quantitative estimate of drug-likeness (QED) is 0.721. The van der Waals surface area contributed by atoms with Gasteiger partial charge < -0.3 is 14.8 Å². The van der Waals surface area contributed by atoms with E-state index in [1.807, 2.05) is 6.07 Å². The number of carbonyl (C=O) groups excluding carboxylic acids is 1. The van der Waals surface area contributed by atoms with E-state index < -0.39 is 33.8 Å². The van der Waals surface area contributed by atoms with Crippen LogP contribution in [-0.4, -0.2) is 39.8 Å². The molecule has 0 radical (unpaired) electrons. The molecule has 1 aliphatic rings. The fourth-order valence-electron chi connectivity index (χ4n) is 3.37. The lowest BCUT2D eigenvalue weighted by molar-refractivity contribution is -0.122. The summed E-state index contributed by atoms with van der Waals surface area (Å²) in [5, 5.41) is 2.87. The molecule has 1 N–H and O–H groups in total. The van der Waals surface area contributed by atoms with Crippen molar-refractivity contribution in [3.63, 3.8) is 0 Å². The molecule has 2 atom stereocenters. The second-order valence-corrected chi connectivity index (χ2v) is 8.95. The Bertz CT molecular complexity index is 1010. The Morgan fingerprint density at radius 3 is 2.37 bits per heavy atom. The predicted octanol–water partition coefficient (Wildman–Crippen LogP) is 3.02. The van der Waals surface area contributed by atoms with Crippen LogP contribution >= 0.6 is 0 Å². The Kier molecular flexibility index (Phi) is 6.50. The number of hydrogen-bond donors (Lipinski definition) is 1. The highest BCUT2D eigenvalue weighted by Gasteiger charge is 2.32. The van der Waals surface area contributed by atoms with Gasteiger partial charge in [0.1, 0.15) is 25.1 Å². The Labute approximate surface area is 175 Å². The Morgan fingerprint density at radius 1 is 1.13 bits per heavy atom. The van der Waals surface area contributed by atoms with Gasteiger partial charge in [-0.1, -0.05) is 13.0 Å².